The fourth-order valence-corrected chi connectivity index (χ4v) is 2.23. The van der Waals surface area contributed by atoms with E-state index in [9.17, 15) is 4.79 Å². The zero-order valence-corrected chi connectivity index (χ0v) is 12.6. The number of aldehydes is 1. The van der Waals surface area contributed by atoms with Gasteiger partial charge in [0.05, 0.1) is 5.57 Å². The van der Waals surface area contributed by atoms with Gasteiger partial charge in [0.2, 0.25) is 5.89 Å². The molecule has 0 aliphatic heterocycles. The van der Waals surface area contributed by atoms with Gasteiger partial charge in [-0.05, 0) is 36.8 Å². The lowest BCUT2D eigenvalue weighted by Gasteiger charge is -2.04. The number of allylic oxidation sites excluding steroid dienone is 1. The highest BCUT2D eigenvalue weighted by molar-refractivity contribution is 6.31. The standard InChI is InChI=1S/C17H13ClN2O2/c1-11-4-2-3-5-14(11)19-9-12(10-21)17-20-15-8-13(18)6-7-16(15)22-17/h2-10,19H,1H3/b12-9-. The van der Waals surface area contributed by atoms with Crippen LogP contribution in [0.3, 0.4) is 0 Å². The maximum atomic E-state index is 11.3. The molecule has 0 saturated carbocycles. The van der Waals surface area contributed by atoms with Crippen molar-refractivity contribution >= 4 is 40.2 Å². The summed E-state index contributed by atoms with van der Waals surface area (Å²) in [4.78, 5) is 15.6. The van der Waals surface area contributed by atoms with Crippen molar-refractivity contribution in [3.63, 3.8) is 0 Å². The van der Waals surface area contributed by atoms with Gasteiger partial charge >= 0.3 is 0 Å². The Kier molecular flexibility index (Phi) is 3.94. The van der Waals surface area contributed by atoms with E-state index in [0.717, 1.165) is 11.3 Å². The van der Waals surface area contributed by atoms with E-state index < -0.39 is 0 Å². The molecule has 0 bridgehead atoms. The predicted molar refractivity (Wildman–Crippen MR) is 87.9 cm³/mol. The Balaban J connectivity index is 1.93. The molecule has 4 nitrogen and oxygen atoms in total. The lowest BCUT2D eigenvalue weighted by Crippen LogP contribution is -1.95. The van der Waals surface area contributed by atoms with Gasteiger partial charge in [-0.25, -0.2) is 4.98 Å². The number of hydrogen-bond acceptors (Lipinski definition) is 4. The van der Waals surface area contributed by atoms with Crippen molar-refractivity contribution in [3.05, 3.63) is 65.1 Å². The maximum Gasteiger partial charge on any atom is 0.232 e. The normalized spacial score (nSPS) is 11.6. The van der Waals surface area contributed by atoms with Crippen molar-refractivity contribution in [2.75, 3.05) is 5.32 Å². The highest BCUT2D eigenvalue weighted by Crippen LogP contribution is 2.23. The Labute approximate surface area is 132 Å². The van der Waals surface area contributed by atoms with Crippen LogP contribution in [0.4, 0.5) is 5.69 Å². The highest BCUT2D eigenvalue weighted by atomic mass is 35.5. The number of carbonyl (C=O) groups excluding carboxylic acids is 1. The summed E-state index contributed by atoms with van der Waals surface area (Å²) in [5.41, 5.74) is 3.53. The van der Waals surface area contributed by atoms with Crippen molar-refractivity contribution in [3.8, 4) is 0 Å². The zero-order valence-electron chi connectivity index (χ0n) is 11.8. The Morgan fingerprint density at radius 3 is 2.86 bits per heavy atom. The number of aromatic nitrogens is 1. The molecule has 0 amide bonds. The Bertz CT molecular complexity index is 868. The number of hydrogen-bond donors (Lipinski definition) is 1. The average molecular weight is 313 g/mol. The first kappa shape index (κ1) is 14.4. The molecule has 3 rings (SSSR count). The average Bonchev–Trinajstić information content (AvgIpc) is 2.92. The van der Waals surface area contributed by atoms with Gasteiger partial charge in [0.15, 0.2) is 11.9 Å². The Hall–Kier alpha value is -2.59. The second kappa shape index (κ2) is 6.03. The lowest BCUT2D eigenvalue weighted by atomic mass is 10.2. The highest BCUT2D eigenvalue weighted by Gasteiger charge is 2.10. The summed E-state index contributed by atoms with van der Waals surface area (Å²) in [5, 5.41) is 3.67. The second-order valence-electron chi connectivity index (χ2n) is 4.81. The molecule has 0 fully saturated rings. The van der Waals surface area contributed by atoms with E-state index in [-0.39, 0.29) is 5.89 Å². The molecule has 0 unspecified atom stereocenters. The van der Waals surface area contributed by atoms with Gasteiger partial charge in [0, 0.05) is 16.9 Å². The fourth-order valence-electron chi connectivity index (χ4n) is 2.06. The first-order chi connectivity index (χ1) is 10.7. The van der Waals surface area contributed by atoms with E-state index in [0.29, 0.717) is 28.0 Å². The minimum absolute atomic E-state index is 0.258. The van der Waals surface area contributed by atoms with Crippen LogP contribution in [0, 0.1) is 6.92 Å². The Morgan fingerprint density at radius 1 is 1.27 bits per heavy atom. The van der Waals surface area contributed by atoms with Crippen LogP contribution >= 0.6 is 11.6 Å². The minimum Gasteiger partial charge on any atom is -0.436 e. The first-order valence-corrected chi connectivity index (χ1v) is 7.09. The third kappa shape index (κ3) is 2.87. The van der Waals surface area contributed by atoms with E-state index in [2.05, 4.69) is 10.3 Å². The quantitative estimate of drug-likeness (QED) is 0.571. The van der Waals surface area contributed by atoms with Crippen molar-refractivity contribution in [1.82, 2.24) is 4.98 Å². The topological polar surface area (TPSA) is 55.1 Å². The smallest absolute Gasteiger partial charge is 0.232 e. The summed E-state index contributed by atoms with van der Waals surface area (Å²) in [6, 6.07) is 12.9. The molecule has 1 heterocycles. The number of nitrogens with one attached hydrogen (secondary N) is 1. The predicted octanol–water partition coefficient (Wildman–Crippen LogP) is 4.44. The number of fused-ring (bicyclic) bond motifs is 1. The number of halogens is 1. The molecular formula is C17H13ClN2O2. The molecule has 0 saturated heterocycles. The second-order valence-corrected chi connectivity index (χ2v) is 5.24. The molecule has 0 radical (unpaired) electrons. The summed E-state index contributed by atoms with van der Waals surface area (Å²) in [6.45, 7) is 1.98. The summed E-state index contributed by atoms with van der Waals surface area (Å²) in [6.07, 6.45) is 2.29. The van der Waals surface area contributed by atoms with E-state index in [1.54, 1.807) is 24.4 Å². The summed E-state index contributed by atoms with van der Waals surface area (Å²) < 4.78 is 5.59. The maximum absolute atomic E-state index is 11.3. The van der Waals surface area contributed by atoms with Gasteiger partial charge in [0.1, 0.15) is 5.52 Å². The fraction of sp³-hybridized carbons (Fsp3) is 0.0588. The van der Waals surface area contributed by atoms with Crippen LogP contribution < -0.4 is 5.32 Å². The van der Waals surface area contributed by atoms with Gasteiger partial charge < -0.3 is 9.73 Å². The van der Waals surface area contributed by atoms with E-state index >= 15 is 0 Å². The van der Waals surface area contributed by atoms with E-state index in [1.165, 1.54) is 0 Å². The largest absolute Gasteiger partial charge is 0.436 e. The van der Waals surface area contributed by atoms with Crippen LogP contribution in [0.25, 0.3) is 16.7 Å². The number of nitrogens with zero attached hydrogens (tertiary/aromatic N) is 1. The molecule has 22 heavy (non-hydrogen) atoms. The van der Waals surface area contributed by atoms with Crippen molar-refractivity contribution in [2.24, 2.45) is 0 Å². The monoisotopic (exact) mass is 312 g/mol. The summed E-state index contributed by atoms with van der Waals surface area (Å²) in [5.74, 6) is 0.258. The van der Waals surface area contributed by atoms with Crippen molar-refractivity contribution in [2.45, 2.75) is 6.92 Å². The number of aryl methyl sites for hydroxylation is 1. The molecule has 5 heteroatoms. The first-order valence-electron chi connectivity index (χ1n) is 6.71. The molecule has 0 atom stereocenters. The van der Waals surface area contributed by atoms with E-state index in [4.69, 9.17) is 16.0 Å². The van der Waals surface area contributed by atoms with Crippen molar-refractivity contribution in [1.29, 1.82) is 0 Å². The zero-order chi connectivity index (χ0) is 15.5. The molecule has 1 N–H and O–H groups in total. The number of rotatable bonds is 4. The number of para-hydroxylation sites is 1. The number of oxazole rings is 1. The molecule has 0 aliphatic rings. The van der Waals surface area contributed by atoms with Crippen LogP contribution in [-0.2, 0) is 4.79 Å². The van der Waals surface area contributed by atoms with Gasteiger partial charge in [-0.15, -0.1) is 0 Å². The molecule has 110 valence electrons. The lowest BCUT2D eigenvalue weighted by molar-refractivity contribution is -0.103. The van der Waals surface area contributed by atoms with Gasteiger partial charge in [-0.3, -0.25) is 4.79 Å². The summed E-state index contributed by atoms with van der Waals surface area (Å²) >= 11 is 5.92. The third-order valence-electron chi connectivity index (χ3n) is 3.25. The van der Waals surface area contributed by atoms with Crippen LogP contribution in [0.1, 0.15) is 11.5 Å². The van der Waals surface area contributed by atoms with Crippen LogP contribution in [0.5, 0.6) is 0 Å². The van der Waals surface area contributed by atoms with Crippen LogP contribution in [-0.4, -0.2) is 11.3 Å². The summed E-state index contributed by atoms with van der Waals surface area (Å²) in [7, 11) is 0. The van der Waals surface area contributed by atoms with Gasteiger partial charge in [-0.1, -0.05) is 29.8 Å². The third-order valence-corrected chi connectivity index (χ3v) is 3.49. The molecule has 0 spiro atoms. The van der Waals surface area contributed by atoms with E-state index in [1.807, 2.05) is 31.2 Å². The SMILES string of the molecule is Cc1ccccc1N/C=C(/C=O)c1nc2cc(Cl)ccc2o1. The van der Waals surface area contributed by atoms with Crippen LogP contribution in [0.15, 0.2) is 53.1 Å². The molecule has 2 aromatic carbocycles. The van der Waals surface area contributed by atoms with Crippen molar-refractivity contribution < 1.29 is 9.21 Å². The molecular weight excluding hydrogens is 300 g/mol. The van der Waals surface area contributed by atoms with Gasteiger partial charge in [0.25, 0.3) is 0 Å². The van der Waals surface area contributed by atoms with Gasteiger partial charge in [-0.2, -0.15) is 0 Å². The molecule has 0 aliphatic carbocycles. The molecule has 1 aromatic heterocycles. The van der Waals surface area contributed by atoms with Crippen LogP contribution in [0.2, 0.25) is 5.02 Å². The number of benzene rings is 2. The minimum atomic E-state index is 0.258. The Morgan fingerprint density at radius 2 is 2.09 bits per heavy atom. The molecule has 3 aromatic rings. The number of anilines is 1. The number of carbonyl (C=O) groups is 1.